The Morgan fingerprint density at radius 2 is 2.31 bits per heavy atom. The highest BCUT2D eigenvalue weighted by molar-refractivity contribution is 6.30. The van der Waals surface area contributed by atoms with Crippen molar-refractivity contribution in [2.75, 3.05) is 7.05 Å². The number of hydrogen-bond acceptors (Lipinski definition) is 3. The number of benzene rings is 1. The van der Waals surface area contributed by atoms with Gasteiger partial charge in [-0.05, 0) is 24.7 Å². The van der Waals surface area contributed by atoms with E-state index in [0.717, 1.165) is 22.8 Å². The lowest BCUT2D eigenvalue weighted by Gasteiger charge is -1.97. The summed E-state index contributed by atoms with van der Waals surface area (Å²) >= 11 is 5.90. The average Bonchev–Trinajstić information content (AvgIpc) is 2.66. The Morgan fingerprint density at radius 1 is 1.44 bits per heavy atom. The monoisotopic (exact) mass is 236 g/mol. The quantitative estimate of drug-likeness (QED) is 0.887. The molecular weight excluding hydrogens is 224 g/mol. The van der Waals surface area contributed by atoms with E-state index in [9.17, 15) is 0 Å². The van der Waals surface area contributed by atoms with Gasteiger partial charge in [-0.2, -0.15) is 0 Å². The molecule has 4 heteroatoms. The topological polar surface area (TPSA) is 38.1 Å². The van der Waals surface area contributed by atoms with Crippen LogP contribution in [-0.2, 0) is 13.0 Å². The summed E-state index contributed by atoms with van der Waals surface area (Å²) in [5.74, 6) is 0.715. The molecular formula is C12H13ClN2O. The van der Waals surface area contributed by atoms with Gasteiger partial charge in [0.2, 0.25) is 0 Å². The minimum Gasteiger partial charge on any atom is -0.448 e. The van der Waals surface area contributed by atoms with E-state index >= 15 is 0 Å². The highest BCUT2D eigenvalue weighted by Crippen LogP contribution is 2.14. The molecule has 0 saturated carbocycles. The van der Waals surface area contributed by atoms with Crippen LogP contribution < -0.4 is 5.32 Å². The van der Waals surface area contributed by atoms with Gasteiger partial charge in [-0.3, -0.25) is 0 Å². The van der Waals surface area contributed by atoms with Crippen molar-refractivity contribution in [3.8, 4) is 0 Å². The Morgan fingerprint density at radius 3 is 3.06 bits per heavy atom. The normalized spacial score (nSPS) is 10.6. The van der Waals surface area contributed by atoms with Crippen LogP contribution in [0.25, 0.3) is 0 Å². The first kappa shape index (κ1) is 11.2. The number of nitrogens with zero attached hydrogens (tertiary/aromatic N) is 1. The molecule has 0 aliphatic heterocycles. The molecule has 16 heavy (non-hydrogen) atoms. The third kappa shape index (κ3) is 2.84. The Balaban J connectivity index is 2.08. The van der Waals surface area contributed by atoms with Gasteiger partial charge in [0.1, 0.15) is 6.26 Å². The summed E-state index contributed by atoms with van der Waals surface area (Å²) in [5.41, 5.74) is 2.02. The number of hydrogen-bond donors (Lipinski definition) is 1. The first-order valence-electron chi connectivity index (χ1n) is 5.10. The second-order valence-electron chi connectivity index (χ2n) is 3.57. The van der Waals surface area contributed by atoms with Crippen molar-refractivity contribution in [3.05, 3.63) is 52.7 Å². The molecule has 0 atom stereocenters. The summed E-state index contributed by atoms with van der Waals surface area (Å²) in [7, 11) is 1.88. The van der Waals surface area contributed by atoms with Gasteiger partial charge in [0.25, 0.3) is 0 Å². The molecule has 0 aliphatic carbocycles. The molecule has 1 aromatic heterocycles. The fraction of sp³-hybridized carbons (Fsp3) is 0.250. The summed E-state index contributed by atoms with van der Waals surface area (Å²) in [6.45, 7) is 0.721. The van der Waals surface area contributed by atoms with Crippen LogP contribution in [0.5, 0.6) is 0 Å². The van der Waals surface area contributed by atoms with Crippen molar-refractivity contribution in [1.82, 2.24) is 10.3 Å². The summed E-state index contributed by atoms with van der Waals surface area (Å²) in [6.07, 6.45) is 2.35. The van der Waals surface area contributed by atoms with Crippen molar-refractivity contribution in [3.63, 3.8) is 0 Å². The van der Waals surface area contributed by atoms with E-state index in [-0.39, 0.29) is 0 Å². The summed E-state index contributed by atoms with van der Waals surface area (Å²) in [5, 5.41) is 3.76. The van der Waals surface area contributed by atoms with Gasteiger partial charge < -0.3 is 9.73 Å². The lowest BCUT2D eigenvalue weighted by Crippen LogP contribution is -2.05. The smallest absolute Gasteiger partial charge is 0.198 e. The van der Waals surface area contributed by atoms with E-state index in [4.69, 9.17) is 16.0 Å². The van der Waals surface area contributed by atoms with Crippen molar-refractivity contribution in [1.29, 1.82) is 0 Å². The van der Waals surface area contributed by atoms with E-state index in [2.05, 4.69) is 10.3 Å². The molecule has 2 aromatic rings. The Bertz CT molecular complexity index is 468. The molecule has 1 heterocycles. The van der Waals surface area contributed by atoms with E-state index < -0.39 is 0 Å². The van der Waals surface area contributed by atoms with Crippen LogP contribution in [0.15, 0.2) is 34.9 Å². The fourth-order valence-corrected chi connectivity index (χ4v) is 1.73. The standard InChI is InChI=1S/C12H13ClN2O/c1-14-7-11-8-16-12(15-11)6-9-3-2-4-10(13)5-9/h2-5,8,14H,6-7H2,1H3. The van der Waals surface area contributed by atoms with Gasteiger partial charge in [-0.1, -0.05) is 23.7 Å². The van der Waals surface area contributed by atoms with Gasteiger partial charge in [-0.15, -0.1) is 0 Å². The Kier molecular flexibility index (Phi) is 3.59. The minimum atomic E-state index is 0.671. The number of halogens is 1. The van der Waals surface area contributed by atoms with Gasteiger partial charge in [0.05, 0.1) is 5.69 Å². The molecule has 0 aliphatic rings. The van der Waals surface area contributed by atoms with Crippen LogP contribution in [-0.4, -0.2) is 12.0 Å². The first-order valence-corrected chi connectivity index (χ1v) is 5.48. The summed E-state index contributed by atoms with van der Waals surface area (Å²) in [4.78, 5) is 4.35. The molecule has 0 bridgehead atoms. The van der Waals surface area contributed by atoms with E-state index in [1.165, 1.54) is 0 Å². The van der Waals surface area contributed by atoms with Crippen LogP contribution in [0.1, 0.15) is 17.1 Å². The second-order valence-corrected chi connectivity index (χ2v) is 4.01. The van der Waals surface area contributed by atoms with E-state index in [1.807, 2.05) is 31.3 Å². The van der Waals surface area contributed by atoms with Gasteiger partial charge in [0.15, 0.2) is 5.89 Å². The number of oxazole rings is 1. The molecule has 84 valence electrons. The van der Waals surface area contributed by atoms with Crippen LogP contribution in [0.4, 0.5) is 0 Å². The third-order valence-electron chi connectivity index (χ3n) is 2.20. The molecule has 1 N–H and O–H groups in total. The molecule has 0 fully saturated rings. The van der Waals surface area contributed by atoms with Gasteiger partial charge >= 0.3 is 0 Å². The highest BCUT2D eigenvalue weighted by Gasteiger charge is 2.04. The summed E-state index contributed by atoms with van der Waals surface area (Å²) in [6, 6.07) is 7.71. The zero-order valence-corrected chi connectivity index (χ0v) is 9.79. The zero-order chi connectivity index (χ0) is 11.4. The molecule has 0 unspecified atom stereocenters. The Labute approximate surface area is 99.5 Å². The lowest BCUT2D eigenvalue weighted by atomic mass is 10.1. The summed E-state index contributed by atoms with van der Waals surface area (Å²) < 4.78 is 5.37. The Hall–Kier alpha value is -1.32. The van der Waals surface area contributed by atoms with Gasteiger partial charge in [0, 0.05) is 18.0 Å². The van der Waals surface area contributed by atoms with Crippen molar-refractivity contribution in [2.24, 2.45) is 0 Å². The van der Waals surface area contributed by atoms with E-state index in [1.54, 1.807) is 6.26 Å². The molecule has 2 rings (SSSR count). The van der Waals surface area contributed by atoms with Crippen molar-refractivity contribution < 1.29 is 4.42 Å². The number of nitrogens with one attached hydrogen (secondary N) is 1. The maximum atomic E-state index is 5.90. The highest BCUT2D eigenvalue weighted by atomic mass is 35.5. The molecule has 0 saturated heterocycles. The maximum Gasteiger partial charge on any atom is 0.198 e. The number of aromatic nitrogens is 1. The van der Waals surface area contributed by atoms with Crippen molar-refractivity contribution in [2.45, 2.75) is 13.0 Å². The van der Waals surface area contributed by atoms with Crippen LogP contribution in [0.2, 0.25) is 5.02 Å². The predicted octanol–water partition coefficient (Wildman–Crippen LogP) is 2.64. The molecule has 1 aromatic carbocycles. The fourth-order valence-electron chi connectivity index (χ4n) is 1.51. The van der Waals surface area contributed by atoms with Gasteiger partial charge in [-0.25, -0.2) is 4.98 Å². The number of rotatable bonds is 4. The molecule has 0 spiro atoms. The first-order chi connectivity index (χ1) is 7.78. The third-order valence-corrected chi connectivity index (χ3v) is 2.44. The van der Waals surface area contributed by atoms with Crippen molar-refractivity contribution >= 4 is 11.6 Å². The zero-order valence-electron chi connectivity index (χ0n) is 9.03. The SMILES string of the molecule is CNCc1coc(Cc2cccc(Cl)c2)n1. The molecule has 0 radical (unpaired) electrons. The predicted molar refractivity (Wildman–Crippen MR) is 63.5 cm³/mol. The molecule has 0 amide bonds. The lowest BCUT2D eigenvalue weighted by molar-refractivity contribution is 0.506. The van der Waals surface area contributed by atoms with E-state index in [0.29, 0.717) is 12.3 Å². The van der Waals surface area contributed by atoms with Crippen LogP contribution in [0.3, 0.4) is 0 Å². The van der Waals surface area contributed by atoms with Crippen LogP contribution in [0, 0.1) is 0 Å². The van der Waals surface area contributed by atoms with Crippen LogP contribution >= 0.6 is 11.6 Å². The largest absolute Gasteiger partial charge is 0.448 e. The average molecular weight is 237 g/mol. The minimum absolute atomic E-state index is 0.671. The second kappa shape index (κ2) is 5.14. The molecule has 3 nitrogen and oxygen atoms in total. The maximum absolute atomic E-state index is 5.90.